The molecular weight excluding hydrogens is 288 g/mol. The van der Waals surface area contributed by atoms with Crippen molar-refractivity contribution in [2.45, 2.75) is 12.7 Å². The molecule has 0 fully saturated rings. The Balaban J connectivity index is 2.83. The van der Waals surface area contributed by atoms with Crippen LogP contribution in [0.5, 0.6) is 5.75 Å². The molecule has 0 radical (unpaired) electrons. The number of carbonyl (C=O) groups is 1. The molecule has 17 heavy (non-hydrogen) atoms. The van der Waals surface area contributed by atoms with Gasteiger partial charge in [-0.05, 0) is 23.8 Å². The SMILES string of the molecule is COc1ccc(Br)c(CC(=O)C(OC)OC)c1. The monoisotopic (exact) mass is 302 g/mol. The number of rotatable bonds is 6. The Morgan fingerprint density at radius 3 is 2.47 bits per heavy atom. The number of carbonyl (C=O) groups excluding carboxylic acids is 1. The van der Waals surface area contributed by atoms with E-state index in [1.54, 1.807) is 7.11 Å². The van der Waals surface area contributed by atoms with Crippen molar-refractivity contribution in [3.63, 3.8) is 0 Å². The van der Waals surface area contributed by atoms with E-state index in [4.69, 9.17) is 14.2 Å². The Hall–Kier alpha value is -0.910. The van der Waals surface area contributed by atoms with Gasteiger partial charge in [-0.25, -0.2) is 0 Å². The number of benzene rings is 1. The fourth-order valence-corrected chi connectivity index (χ4v) is 1.83. The molecule has 0 aromatic heterocycles. The lowest BCUT2D eigenvalue weighted by Gasteiger charge is -2.13. The second kappa shape index (κ2) is 6.74. The second-order valence-corrected chi connectivity index (χ2v) is 4.26. The first-order valence-corrected chi connectivity index (χ1v) is 5.82. The van der Waals surface area contributed by atoms with Crippen LogP contribution in [0.3, 0.4) is 0 Å². The number of ketones is 1. The number of halogens is 1. The van der Waals surface area contributed by atoms with Crippen molar-refractivity contribution in [1.82, 2.24) is 0 Å². The third-order valence-electron chi connectivity index (χ3n) is 2.31. The first-order valence-electron chi connectivity index (χ1n) is 5.03. The number of hydrogen-bond acceptors (Lipinski definition) is 4. The van der Waals surface area contributed by atoms with Crippen LogP contribution in [0.15, 0.2) is 22.7 Å². The summed E-state index contributed by atoms with van der Waals surface area (Å²) in [4.78, 5) is 11.8. The summed E-state index contributed by atoms with van der Waals surface area (Å²) >= 11 is 3.39. The molecule has 0 aliphatic carbocycles. The van der Waals surface area contributed by atoms with Crippen LogP contribution in [0, 0.1) is 0 Å². The molecule has 0 saturated heterocycles. The summed E-state index contributed by atoms with van der Waals surface area (Å²) in [6.45, 7) is 0. The summed E-state index contributed by atoms with van der Waals surface area (Å²) < 4.78 is 15.8. The van der Waals surface area contributed by atoms with E-state index in [-0.39, 0.29) is 12.2 Å². The molecule has 0 amide bonds. The quantitative estimate of drug-likeness (QED) is 0.756. The van der Waals surface area contributed by atoms with E-state index in [0.29, 0.717) is 5.75 Å². The lowest BCUT2D eigenvalue weighted by Crippen LogP contribution is -2.26. The molecule has 0 unspecified atom stereocenters. The normalized spacial score (nSPS) is 10.6. The zero-order valence-electron chi connectivity index (χ0n) is 10.0. The van der Waals surface area contributed by atoms with Crippen molar-refractivity contribution in [1.29, 1.82) is 0 Å². The maximum absolute atomic E-state index is 11.8. The summed E-state index contributed by atoms with van der Waals surface area (Å²) in [5.41, 5.74) is 0.841. The number of Topliss-reactive ketones (excluding diaryl/α,β-unsaturated/α-hetero) is 1. The highest BCUT2D eigenvalue weighted by Gasteiger charge is 2.18. The predicted molar refractivity (Wildman–Crippen MR) is 67.2 cm³/mol. The van der Waals surface area contributed by atoms with Gasteiger partial charge in [0.15, 0.2) is 5.78 Å². The van der Waals surface area contributed by atoms with Crippen molar-refractivity contribution in [2.24, 2.45) is 0 Å². The van der Waals surface area contributed by atoms with Crippen molar-refractivity contribution < 1.29 is 19.0 Å². The van der Waals surface area contributed by atoms with Gasteiger partial charge >= 0.3 is 0 Å². The van der Waals surface area contributed by atoms with E-state index in [1.807, 2.05) is 18.2 Å². The molecule has 0 aliphatic heterocycles. The van der Waals surface area contributed by atoms with Crippen molar-refractivity contribution >= 4 is 21.7 Å². The molecule has 5 heteroatoms. The Kier molecular flexibility index (Phi) is 5.61. The summed E-state index contributed by atoms with van der Waals surface area (Å²) in [5.74, 6) is 0.575. The molecule has 94 valence electrons. The number of ether oxygens (including phenoxy) is 3. The van der Waals surface area contributed by atoms with E-state index < -0.39 is 6.29 Å². The maximum Gasteiger partial charge on any atom is 0.217 e. The van der Waals surface area contributed by atoms with Gasteiger partial charge in [0.05, 0.1) is 7.11 Å². The largest absolute Gasteiger partial charge is 0.497 e. The summed E-state index contributed by atoms with van der Waals surface area (Å²) in [7, 11) is 4.46. The summed E-state index contributed by atoms with van der Waals surface area (Å²) in [6, 6.07) is 5.47. The van der Waals surface area contributed by atoms with Crippen LogP contribution in [0.4, 0.5) is 0 Å². The van der Waals surface area contributed by atoms with E-state index in [0.717, 1.165) is 10.0 Å². The molecule has 0 N–H and O–H groups in total. The van der Waals surface area contributed by atoms with E-state index >= 15 is 0 Å². The molecule has 0 aliphatic rings. The van der Waals surface area contributed by atoms with Crippen molar-refractivity contribution in [2.75, 3.05) is 21.3 Å². The first kappa shape index (κ1) is 14.2. The highest BCUT2D eigenvalue weighted by Crippen LogP contribution is 2.23. The minimum Gasteiger partial charge on any atom is -0.497 e. The Bertz CT molecular complexity index is 388. The van der Waals surface area contributed by atoms with Gasteiger partial charge in [-0.3, -0.25) is 4.79 Å². The first-order chi connectivity index (χ1) is 8.12. The lowest BCUT2D eigenvalue weighted by atomic mass is 10.1. The third kappa shape index (κ3) is 3.80. The Labute approximate surface area is 109 Å². The molecule has 0 heterocycles. The third-order valence-corrected chi connectivity index (χ3v) is 3.08. The molecule has 1 aromatic rings. The second-order valence-electron chi connectivity index (χ2n) is 3.40. The fourth-order valence-electron chi connectivity index (χ4n) is 1.44. The Morgan fingerprint density at radius 1 is 1.29 bits per heavy atom. The van der Waals surface area contributed by atoms with Gasteiger partial charge in [0.1, 0.15) is 5.75 Å². The number of methoxy groups -OCH3 is 3. The van der Waals surface area contributed by atoms with Crippen LogP contribution >= 0.6 is 15.9 Å². The van der Waals surface area contributed by atoms with Crippen molar-refractivity contribution in [3.05, 3.63) is 28.2 Å². The van der Waals surface area contributed by atoms with E-state index in [2.05, 4.69) is 15.9 Å². The predicted octanol–water partition coefficient (Wildman–Crippen LogP) is 2.19. The molecule has 1 aromatic carbocycles. The highest BCUT2D eigenvalue weighted by atomic mass is 79.9. The smallest absolute Gasteiger partial charge is 0.217 e. The standard InChI is InChI=1S/C12H15BrO4/c1-15-9-4-5-10(13)8(6-9)7-11(14)12(16-2)17-3/h4-6,12H,7H2,1-3H3. The molecular formula is C12H15BrO4. The van der Waals surface area contributed by atoms with Crippen LogP contribution < -0.4 is 4.74 Å². The summed E-state index contributed by atoms with van der Waals surface area (Å²) in [6.07, 6.45) is -0.600. The minimum absolute atomic E-state index is 0.135. The molecule has 0 bridgehead atoms. The molecule has 1 rings (SSSR count). The van der Waals surface area contributed by atoms with Crippen LogP contribution in [0.2, 0.25) is 0 Å². The van der Waals surface area contributed by atoms with E-state index in [1.165, 1.54) is 14.2 Å². The Morgan fingerprint density at radius 2 is 1.94 bits per heavy atom. The number of hydrogen-bond donors (Lipinski definition) is 0. The molecule has 0 atom stereocenters. The maximum atomic E-state index is 11.8. The van der Waals surface area contributed by atoms with Gasteiger partial charge < -0.3 is 14.2 Å². The van der Waals surface area contributed by atoms with Gasteiger partial charge in [-0.15, -0.1) is 0 Å². The van der Waals surface area contributed by atoms with Crippen LogP contribution in [-0.4, -0.2) is 33.4 Å². The average molecular weight is 303 g/mol. The molecule has 0 spiro atoms. The summed E-state index contributed by atoms with van der Waals surface area (Å²) in [5, 5.41) is 0. The van der Waals surface area contributed by atoms with Crippen LogP contribution in [0.25, 0.3) is 0 Å². The van der Waals surface area contributed by atoms with Gasteiger partial charge in [0.25, 0.3) is 0 Å². The van der Waals surface area contributed by atoms with Crippen LogP contribution in [-0.2, 0) is 20.7 Å². The van der Waals surface area contributed by atoms with Gasteiger partial charge in [-0.1, -0.05) is 15.9 Å². The van der Waals surface area contributed by atoms with Gasteiger partial charge in [-0.2, -0.15) is 0 Å². The van der Waals surface area contributed by atoms with Crippen LogP contribution in [0.1, 0.15) is 5.56 Å². The topological polar surface area (TPSA) is 44.8 Å². The van der Waals surface area contributed by atoms with Gasteiger partial charge in [0.2, 0.25) is 6.29 Å². The van der Waals surface area contributed by atoms with Crippen molar-refractivity contribution in [3.8, 4) is 5.75 Å². The fraction of sp³-hybridized carbons (Fsp3) is 0.417. The van der Waals surface area contributed by atoms with E-state index in [9.17, 15) is 4.79 Å². The lowest BCUT2D eigenvalue weighted by molar-refractivity contribution is -0.155. The molecule has 0 saturated carbocycles. The highest BCUT2D eigenvalue weighted by molar-refractivity contribution is 9.10. The zero-order valence-corrected chi connectivity index (χ0v) is 11.6. The zero-order chi connectivity index (χ0) is 12.8. The molecule has 4 nitrogen and oxygen atoms in total. The minimum atomic E-state index is -0.826. The average Bonchev–Trinajstić information content (AvgIpc) is 2.33. The van der Waals surface area contributed by atoms with Gasteiger partial charge in [0, 0.05) is 25.1 Å².